The lowest BCUT2D eigenvalue weighted by atomic mass is 10.1. The summed E-state index contributed by atoms with van der Waals surface area (Å²) in [5.74, 6) is 1.59. The van der Waals surface area contributed by atoms with E-state index in [0.717, 1.165) is 24.3 Å². The minimum atomic E-state index is -0.418. The lowest BCUT2D eigenvalue weighted by molar-refractivity contribution is -0.119. The fourth-order valence-electron chi connectivity index (χ4n) is 3.82. The highest BCUT2D eigenvalue weighted by Gasteiger charge is 2.28. The molecule has 8 heteroatoms. The van der Waals surface area contributed by atoms with Crippen LogP contribution in [0.1, 0.15) is 45.7 Å². The summed E-state index contributed by atoms with van der Waals surface area (Å²) in [4.78, 5) is 23.7. The van der Waals surface area contributed by atoms with Crippen LogP contribution in [0.15, 0.2) is 30.5 Å². The molecule has 1 aliphatic heterocycles. The van der Waals surface area contributed by atoms with E-state index in [0.29, 0.717) is 30.8 Å². The zero-order valence-electron chi connectivity index (χ0n) is 18.9. The first kappa shape index (κ1) is 22.8. The van der Waals surface area contributed by atoms with E-state index in [4.69, 9.17) is 4.74 Å². The van der Waals surface area contributed by atoms with E-state index in [9.17, 15) is 9.18 Å². The third-order valence-corrected chi connectivity index (χ3v) is 5.24. The number of amides is 1. The van der Waals surface area contributed by atoms with Crippen molar-refractivity contribution in [1.29, 1.82) is 0 Å². The summed E-state index contributed by atoms with van der Waals surface area (Å²) in [5, 5.41) is 2.87. The molecule has 7 nitrogen and oxygen atoms in total. The van der Waals surface area contributed by atoms with E-state index >= 15 is 0 Å². The molecule has 1 amide bonds. The molecule has 31 heavy (non-hydrogen) atoms. The zero-order chi connectivity index (χ0) is 22.5. The molecule has 0 radical (unpaired) electrons. The Morgan fingerprint density at radius 2 is 2.03 bits per heavy atom. The second-order valence-corrected chi connectivity index (χ2v) is 8.58. The third-order valence-electron chi connectivity index (χ3n) is 5.24. The second kappa shape index (κ2) is 9.94. The number of anilines is 2. The van der Waals surface area contributed by atoms with Gasteiger partial charge in [0.2, 0.25) is 11.9 Å². The number of rotatable bonds is 8. The molecule has 2 heterocycles. The van der Waals surface area contributed by atoms with E-state index in [1.807, 2.05) is 48.0 Å². The van der Waals surface area contributed by atoms with E-state index < -0.39 is 5.82 Å². The Labute approximate surface area is 183 Å². The van der Waals surface area contributed by atoms with Crippen LogP contribution in [0.4, 0.5) is 16.2 Å². The quantitative estimate of drug-likeness (QED) is 0.692. The lowest BCUT2D eigenvalue weighted by Gasteiger charge is -2.23. The first-order valence-electron chi connectivity index (χ1n) is 10.7. The maximum absolute atomic E-state index is 14.5. The lowest BCUT2D eigenvalue weighted by Crippen LogP contribution is -2.28. The molecule has 2 atom stereocenters. The third kappa shape index (κ3) is 6.06. The van der Waals surface area contributed by atoms with Crippen molar-refractivity contribution in [3.63, 3.8) is 0 Å². The van der Waals surface area contributed by atoms with Gasteiger partial charge in [-0.05, 0) is 30.5 Å². The average molecular weight is 430 g/mol. The molecule has 0 saturated carbocycles. The first-order valence-corrected chi connectivity index (χ1v) is 10.7. The van der Waals surface area contributed by atoms with Gasteiger partial charge in [-0.3, -0.25) is 4.79 Å². The van der Waals surface area contributed by atoms with Crippen LogP contribution < -0.4 is 19.9 Å². The van der Waals surface area contributed by atoms with Gasteiger partial charge >= 0.3 is 0 Å². The molecule has 1 fully saturated rings. The number of benzene rings is 1. The van der Waals surface area contributed by atoms with Crippen LogP contribution in [0.25, 0.3) is 0 Å². The highest BCUT2D eigenvalue weighted by atomic mass is 19.1. The smallest absolute Gasteiger partial charge is 0.227 e. The molecule has 1 aromatic heterocycles. The number of nitrogens with one attached hydrogen (secondary N) is 1. The molecular formula is C23H32FN5O2. The van der Waals surface area contributed by atoms with Gasteiger partial charge in [-0.1, -0.05) is 26.0 Å². The van der Waals surface area contributed by atoms with Crippen molar-refractivity contribution in [3.05, 3.63) is 41.8 Å². The molecule has 1 N–H and O–H groups in total. The van der Waals surface area contributed by atoms with Gasteiger partial charge in [-0.25, -0.2) is 9.37 Å². The van der Waals surface area contributed by atoms with Crippen LogP contribution in [0.5, 0.6) is 5.75 Å². The summed E-state index contributed by atoms with van der Waals surface area (Å²) in [6.07, 6.45) is 1.98. The van der Waals surface area contributed by atoms with E-state index in [2.05, 4.69) is 29.1 Å². The van der Waals surface area contributed by atoms with Gasteiger partial charge in [-0.2, -0.15) is 4.98 Å². The number of nitrogens with zero attached hydrogens (tertiary/aromatic N) is 4. The largest absolute Gasteiger partial charge is 0.489 e. The normalized spacial score (nSPS) is 17.0. The van der Waals surface area contributed by atoms with E-state index in [1.165, 1.54) is 13.1 Å². The molecule has 0 aliphatic carbocycles. The number of carbonyl (C=O) groups is 1. The van der Waals surface area contributed by atoms with Gasteiger partial charge in [0.25, 0.3) is 0 Å². The van der Waals surface area contributed by atoms with Crippen LogP contribution in [0.3, 0.4) is 0 Å². The minimum absolute atomic E-state index is 0.0511. The van der Waals surface area contributed by atoms with Gasteiger partial charge in [-0.15, -0.1) is 0 Å². The maximum atomic E-state index is 14.5. The topological polar surface area (TPSA) is 70.6 Å². The van der Waals surface area contributed by atoms with E-state index in [-0.39, 0.29) is 18.1 Å². The summed E-state index contributed by atoms with van der Waals surface area (Å²) < 4.78 is 20.6. The molecular weight excluding hydrogens is 397 g/mol. The second-order valence-electron chi connectivity index (χ2n) is 8.58. The summed E-state index contributed by atoms with van der Waals surface area (Å²) >= 11 is 0. The van der Waals surface area contributed by atoms with Crippen LogP contribution in [0.2, 0.25) is 0 Å². The summed E-state index contributed by atoms with van der Waals surface area (Å²) in [7, 11) is 1.92. The van der Waals surface area contributed by atoms with Crippen LogP contribution in [-0.2, 0) is 4.79 Å². The average Bonchev–Trinajstić information content (AvgIpc) is 3.16. The van der Waals surface area contributed by atoms with Gasteiger partial charge < -0.3 is 19.9 Å². The van der Waals surface area contributed by atoms with Crippen molar-refractivity contribution < 1.29 is 13.9 Å². The van der Waals surface area contributed by atoms with Crippen molar-refractivity contribution in [2.24, 2.45) is 5.92 Å². The molecule has 1 saturated heterocycles. The van der Waals surface area contributed by atoms with Crippen molar-refractivity contribution in [2.45, 2.75) is 46.3 Å². The summed E-state index contributed by atoms with van der Waals surface area (Å²) in [5.41, 5.74) is 1.01. The Kier molecular flexibility index (Phi) is 7.30. The molecule has 1 aliphatic rings. The fraction of sp³-hybridized carbons (Fsp3) is 0.522. The van der Waals surface area contributed by atoms with Crippen molar-refractivity contribution >= 4 is 17.7 Å². The Balaban J connectivity index is 1.62. The van der Waals surface area contributed by atoms with Crippen molar-refractivity contribution in [2.75, 3.05) is 36.5 Å². The van der Waals surface area contributed by atoms with Crippen LogP contribution >= 0.6 is 0 Å². The highest BCUT2D eigenvalue weighted by Crippen LogP contribution is 2.26. The molecule has 2 aromatic rings. The number of halogens is 1. The molecule has 0 spiro atoms. The number of hydrogen-bond donors (Lipinski definition) is 1. The Hall–Kier alpha value is -2.90. The number of aromatic nitrogens is 2. The Morgan fingerprint density at radius 1 is 1.32 bits per heavy atom. The first-order chi connectivity index (χ1) is 14.7. The fourth-order valence-corrected chi connectivity index (χ4v) is 3.82. The molecule has 0 unspecified atom stereocenters. The predicted molar refractivity (Wildman–Crippen MR) is 120 cm³/mol. The molecule has 1 aromatic carbocycles. The SMILES string of the molecule is CC(=O)N[C@@H](C)c1ccc(O[C@@H]2CCN(c3nc(N(C)CC(C)C)ncc3F)C2)cc1. The summed E-state index contributed by atoms with van der Waals surface area (Å²) in [6.45, 7) is 9.72. The molecule has 168 valence electrons. The summed E-state index contributed by atoms with van der Waals surface area (Å²) in [6, 6.07) is 7.64. The zero-order valence-corrected chi connectivity index (χ0v) is 18.9. The van der Waals surface area contributed by atoms with Gasteiger partial charge in [0.1, 0.15) is 11.9 Å². The predicted octanol–water partition coefficient (Wildman–Crippen LogP) is 3.56. The van der Waals surface area contributed by atoms with Gasteiger partial charge in [0.15, 0.2) is 11.6 Å². The van der Waals surface area contributed by atoms with Crippen LogP contribution in [-0.4, -0.2) is 48.7 Å². The minimum Gasteiger partial charge on any atom is -0.489 e. The molecule has 3 rings (SSSR count). The monoisotopic (exact) mass is 429 g/mol. The Bertz CT molecular complexity index is 890. The standard InChI is InChI=1S/C23H32FN5O2/c1-15(2)13-28(5)23-25-12-21(24)22(27-23)29-11-10-20(14-29)31-19-8-6-18(7-9-19)16(3)26-17(4)30/h6-9,12,15-16,20H,10-11,13-14H2,1-5H3,(H,26,30)/t16-,20+/m0/s1. The van der Waals surface area contributed by atoms with Crippen molar-refractivity contribution in [3.8, 4) is 5.75 Å². The number of ether oxygens (including phenoxy) is 1. The number of hydrogen-bond acceptors (Lipinski definition) is 6. The van der Waals surface area contributed by atoms with Gasteiger partial charge in [0.05, 0.1) is 18.8 Å². The van der Waals surface area contributed by atoms with Crippen LogP contribution in [0, 0.1) is 11.7 Å². The maximum Gasteiger partial charge on any atom is 0.227 e. The Morgan fingerprint density at radius 3 is 2.68 bits per heavy atom. The molecule has 0 bridgehead atoms. The van der Waals surface area contributed by atoms with Gasteiger partial charge in [0, 0.05) is 33.5 Å². The van der Waals surface area contributed by atoms with Crippen molar-refractivity contribution in [1.82, 2.24) is 15.3 Å². The number of carbonyl (C=O) groups excluding carboxylic acids is 1. The van der Waals surface area contributed by atoms with E-state index in [1.54, 1.807) is 0 Å². The highest BCUT2D eigenvalue weighted by molar-refractivity contribution is 5.73.